The number of aromatic hydroxyl groups is 1. The van der Waals surface area contributed by atoms with Crippen LogP contribution in [0.5, 0.6) is 5.75 Å². The van der Waals surface area contributed by atoms with Crippen LogP contribution in [0.4, 0.5) is 0 Å². The van der Waals surface area contributed by atoms with Crippen LogP contribution in [0.2, 0.25) is 0 Å². The van der Waals surface area contributed by atoms with E-state index in [4.69, 9.17) is 0 Å². The Kier molecular flexibility index (Phi) is 4.82. The summed E-state index contributed by atoms with van der Waals surface area (Å²) in [6, 6.07) is 12.2. The van der Waals surface area contributed by atoms with Crippen molar-refractivity contribution < 1.29 is 5.11 Å². The predicted molar refractivity (Wildman–Crippen MR) is 91.7 cm³/mol. The second-order valence-electron chi connectivity index (χ2n) is 6.15. The number of likely N-dealkylation sites (tertiary alicyclic amines) is 1. The molecule has 1 atom stereocenters. The first kappa shape index (κ1) is 15.8. The molecule has 2 aromatic rings. The Bertz CT molecular complexity index is 703. The van der Waals surface area contributed by atoms with E-state index in [1.807, 2.05) is 23.8 Å². The maximum atomic E-state index is 11.7. The van der Waals surface area contributed by atoms with Crippen molar-refractivity contribution in [1.82, 2.24) is 9.47 Å². The molecular formula is C19H24N2O2. The Morgan fingerprint density at radius 3 is 2.48 bits per heavy atom. The molecule has 4 heteroatoms. The molecule has 1 N–H and O–H groups in total. The van der Waals surface area contributed by atoms with Crippen LogP contribution in [0, 0.1) is 0 Å². The second-order valence-corrected chi connectivity index (χ2v) is 6.15. The normalized spacial score (nSPS) is 16.6. The fourth-order valence-electron chi connectivity index (χ4n) is 3.49. The van der Waals surface area contributed by atoms with Gasteiger partial charge in [-0.2, -0.15) is 0 Å². The fourth-order valence-corrected chi connectivity index (χ4v) is 3.49. The number of nitrogens with zero attached hydrogens (tertiary/aromatic N) is 2. The van der Waals surface area contributed by atoms with Crippen molar-refractivity contribution in [3.05, 3.63) is 64.1 Å². The molecule has 1 aliphatic heterocycles. The Morgan fingerprint density at radius 2 is 1.83 bits per heavy atom. The van der Waals surface area contributed by atoms with Gasteiger partial charge in [0.2, 0.25) is 5.43 Å². The first-order valence-corrected chi connectivity index (χ1v) is 8.41. The van der Waals surface area contributed by atoms with Gasteiger partial charge >= 0.3 is 0 Å². The summed E-state index contributed by atoms with van der Waals surface area (Å²) in [6.07, 6.45) is 4.93. The van der Waals surface area contributed by atoms with E-state index in [1.54, 1.807) is 0 Å². The Balaban J connectivity index is 1.96. The lowest BCUT2D eigenvalue weighted by molar-refractivity contribution is 0.219. The summed E-state index contributed by atoms with van der Waals surface area (Å²) in [4.78, 5) is 14.2. The average Bonchev–Trinajstić information content (AvgIpc) is 3.11. The standard InChI is InChI=1S/C19H24N2O2/c1-2-16-19(23)18(22)10-13-21(16)14-17(20-11-6-7-12-20)15-8-4-3-5-9-15/h3-5,8-10,13,17,23H,2,6-7,11-12,14H2,1H3. The highest BCUT2D eigenvalue weighted by atomic mass is 16.3. The van der Waals surface area contributed by atoms with Crippen molar-refractivity contribution in [3.63, 3.8) is 0 Å². The van der Waals surface area contributed by atoms with Gasteiger partial charge in [0.1, 0.15) is 0 Å². The minimum Gasteiger partial charge on any atom is -0.503 e. The number of aromatic nitrogens is 1. The lowest BCUT2D eigenvalue weighted by atomic mass is 10.0. The molecule has 1 unspecified atom stereocenters. The van der Waals surface area contributed by atoms with Gasteiger partial charge in [-0.05, 0) is 37.9 Å². The van der Waals surface area contributed by atoms with E-state index in [-0.39, 0.29) is 17.2 Å². The van der Waals surface area contributed by atoms with E-state index in [9.17, 15) is 9.90 Å². The third kappa shape index (κ3) is 3.32. The van der Waals surface area contributed by atoms with Gasteiger partial charge in [0, 0.05) is 18.8 Å². The first-order chi connectivity index (χ1) is 11.2. The smallest absolute Gasteiger partial charge is 0.223 e. The van der Waals surface area contributed by atoms with Crippen LogP contribution in [-0.2, 0) is 13.0 Å². The first-order valence-electron chi connectivity index (χ1n) is 8.41. The molecule has 1 aromatic carbocycles. The van der Waals surface area contributed by atoms with Crippen LogP contribution in [-0.4, -0.2) is 27.7 Å². The molecule has 23 heavy (non-hydrogen) atoms. The third-order valence-corrected chi connectivity index (χ3v) is 4.73. The number of benzene rings is 1. The van der Waals surface area contributed by atoms with Gasteiger partial charge in [-0.25, -0.2) is 0 Å². The second kappa shape index (κ2) is 7.01. The molecule has 0 bridgehead atoms. The number of hydrogen-bond donors (Lipinski definition) is 1. The average molecular weight is 312 g/mol. The monoisotopic (exact) mass is 312 g/mol. The lowest BCUT2D eigenvalue weighted by Gasteiger charge is -2.30. The van der Waals surface area contributed by atoms with Crippen molar-refractivity contribution in [3.8, 4) is 5.75 Å². The van der Waals surface area contributed by atoms with E-state index in [0.717, 1.165) is 25.3 Å². The number of pyridine rings is 1. The van der Waals surface area contributed by atoms with Gasteiger partial charge in [-0.15, -0.1) is 0 Å². The van der Waals surface area contributed by atoms with E-state index < -0.39 is 0 Å². The van der Waals surface area contributed by atoms with Gasteiger partial charge in [-0.3, -0.25) is 9.69 Å². The molecule has 0 spiro atoms. The summed E-state index contributed by atoms with van der Waals surface area (Å²) in [5.74, 6) is -0.108. The summed E-state index contributed by atoms with van der Waals surface area (Å²) < 4.78 is 2.03. The Hall–Kier alpha value is -2.07. The zero-order valence-electron chi connectivity index (χ0n) is 13.6. The topological polar surface area (TPSA) is 45.5 Å². The fraction of sp³-hybridized carbons (Fsp3) is 0.421. The van der Waals surface area contributed by atoms with Gasteiger partial charge in [0.25, 0.3) is 0 Å². The maximum absolute atomic E-state index is 11.7. The minimum atomic E-state index is -0.296. The van der Waals surface area contributed by atoms with Crippen LogP contribution in [0.15, 0.2) is 47.4 Å². The quantitative estimate of drug-likeness (QED) is 0.923. The molecule has 0 radical (unpaired) electrons. The molecule has 0 aliphatic carbocycles. The van der Waals surface area contributed by atoms with Gasteiger partial charge in [0.05, 0.1) is 11.7 Å². The number of rotatable bonds is 5. The van der Waals surface area contributed by atoms with Gasteiger partial charge < -0.3 is 9.67 Å². The molecule has 122 valence electrons. The summed E-state index contributed by atoms with van der Waals surface area (Å²) in [5, 5.41) is 10.1. The van der Waals surface area contributed by atoms with Crippen LogP contribution in [0.1, 0.15) is 37.1 Å². The molecule has 0 amide bonds. The molecule has 4 nitrogen and oxygen atoms in total. The molecule has 0 saturated carbocycles. The van der Waals surface area contributed by atoms with Crippen molar-refractivity contribution in [2.24, 2.45) is 0 Å². The molecule has 1 fully saturated rings. The highest BCUT2D eigenvalue weighted by Gasteiger charge is 2.24. The van der Waals surface area contributed by atoms with Crippen molar-refractivity contribution in [2.75, 3.05) is 13.1 Å². The van der Waals surface area contributed by atoms with Crippen molar-refractivity contribution in [1.29, 1.82) is 0 Å². The van der Waals surface area contributed by atoms with E-state index >= 15 is 0 Å². The highest BCUT2D eigenvalue weighted by molar-refractivity contribution is 5.27. The minimum absolute atomic E-state index is 0.108. The Labute approximate surface area is 137 Å². The van der Waals surface area contributed by atoms with E-state index in [0.29, 0.717) is 6.42 Å². The zero-order chi connectivity index (χ0) is 16.2. The summed E-state index contributed by atoms with van der Waals surface area (Å²) in [5.41, 5.74) is 1.71. The van der Waals surface area contributed by atoms with E-state index in [1.165, 1.54) is 24.5 Å². The maximum Gasteiger partial charge on any atom is 0.223 e. The molecule has 3 rings (SSSR count). The third-order valence-electron chi connectivity index (χ3n) is 4.73. The van der Waals surface area contributed by atoms with Gasteiger partial charge in [-0.1, -0.05) is 37.3 Å². The molecule has 2 heterocycles. The molecule has 1 aromatic heterocycles. The van der Waals surface area contributed by atoms with Crippen LogP contribution >= 0.6 is 0 Å². The highest BCUT2D eigenvalue weighted by Crippen LogP contribution is 2.27. The SMILES string of the molecule is CCc1c(O)c(=O)ccn1CC(c1ccccc1)N1CCCC1. The van der Waals surface area contributed by atoms with Gasteiger partial charge in [0.15, 0.2) is 5.75 Å². The van der Waals surface area contributed by atoms with E-state index in [2.05, 4.69) is 29.2 Å². The van der Waals surface area contributed by atoms with Crippen molar-refractivity contribution >= 4 is 0 Å². The van der Waals surface area contributed by atoms with Crippen LogP contribution < -0.4 is 5.43 Å². The molecule has 1 saturated heterocycles. The van der Waals surface area contributed by atoms with Crippen LogP contribution in [0.25, 0.3) is 0 Å². The zero-order valence-corrected chi connectivity index (χ0v) is 13.6. The van der Waals surface area contributed by atoms with Crippen molar-refractivity contribution in [2.45, 2.75) is 38.8 Å². The Morgan fingerprint density at radius 1 is 1.13 bits per heavy atom. The number of hydrogen-bond acceptors (Lipinski definition) is 3. The summed E-state index contributed by atoms with van der Waals surface area (Å²) >= 11 is 0. The molecular weight excluding hydrogens is 288 g/mol. The largest absolute Gasteiger partial charge is 0.503 e. The van der Waals surface area contributed by atoms with Crippen LogP contribution in [0.3, 0.4) is 0 Å². The lowest BCUT2D eigenvalue weighted by Crippen LogP contribution is -2.30. The summed E-state index contributed by atoms with van der Waals surface area (Å²) in [6.45, 7) is 4.93. The molecule has 1 aliphatic rings. The predicted octanol–water partition coefficient (Wildman–Crippen LogP) is 2.95. The summed E-state index contributed by atoms with van der Waals surface area (Å²) in [7, 11) is 0.